The summed E-state index contributed by atoms with van der Waals surface area (Å²) in [4.78, 5) is 26.6. The molecule has 2 amide bonds. The van der Waals surface area contributed by atoms with Gasteiger partial charge in [0.25, 0.3) is 0 Å². The van der Waals surface area contributed by atoms with Crippen molar-refractivity contribution in [2.45, 2.75) is 58.9 Å². The maximum absolute atomic E-state index is 12.4. The Hall–Kier alpha value is -1.84. The number of rotatable bonds is 3. The van der Waals surface area contributed by atoms with Gasteiger partial charge in [-0.2, -0.15) is 0 Å². The Morgan fingerprint density at radius 1 is 1.12 bits per heavy atom. The van der Waals surface area contributed by atoms with Crippen LogP contribution in [0.2, 0.25) is 0 Å². The maximum Gasteiger partial charge on any atom is 0.227 e. The van der Waals surface area contributed by atoms with Crippen LogP contribution in [0.1, 0.15) is 57.1 Å². The minimum atomic E-state index is 0.0285. The van der Waals surface area contributed by atoms with Crippen LogP contribution in [0, 0.1) is 11.8 Å². The van der Waals surface area contributed by atoms with E-state index in [0.29, 0.717) is 6.54 Å². The largest absolute Gasteiger partial charge is 0.338 e. The molecule has 130 valence electrons. The van der Waals surface area contributed by atoms with E-state index in [1.165, 1.54) is 12.0 Å². The van der Waals surface area contributed by atoms with Crippen LogP contribution >= 0.6 is 0 Å². The third-order valence-corrected chi connectivity index (χ3v) is 5.27. The first kappa shape index (κ1) is 17.0. The van der Waals surface area contributed by atoms with Crippen molar-refractivity contribution in [3.8, 4) is 0 Å². The Balaban J connectivity index is 1.68. The number of carbonyl (C=O) groups excluding carboxylic acids is 2. The number of nitrogens with zero attached hydrogens (tertiary/aromatic N) is 1. The van der Waals surface area contributed by atoms with Crippen molar-refractivity contribution in [3.63, 3.8) is 0 Å². The Kier molecular flexibility index (Phi) is 5.22. The minimum Gasteiger partial charge on any atom is -0.338 e. The van der Waals surface area contributed by atoms with Crippen molar-refractivity contribution >= 4 is 17.5 Å². The van der Waals surface area contributed by atoms with Gasteiger partial charge in [0.05, 0.1) is 0 Å². The van der Waals surface area contributed by atoms with E-state index in [1.807, 2.05) is 24.8 Å². The number of anilines is 1. The maximum atomic E-state index is 12.4. The smallest absolute Gasteiger partial charge is 0.227 e. The van der Waals surface area contributed by atoms with Crippen LogP contribution in [0.5, 0.6) is 0 Å². The molecule has 0 radical (unpaired) electrons. The molecule has 0 atom stereocenters. The van der Waals surface area contributed by atoms with Crippen molar-refractivity contribution in [2.75, 3.05) is 11.9 Å². The Morgan fingerprint density at radius 3 is 2.58 bits per heavy atom. The third kappa shape index (κ3) is 3.80. The number of benzene rings is 1. The van der Waals surface area contributed by atoms with Crippen molar-refractivity contribution in [3.05, 3.63) is 29.3 Å². The van der Waals surface area contributed by atoms with Crippen molar-refractivity contribution < 1.29 is 9.59 Å². The van der Waals surface area contributed by atoms with Crippen LogP contribution in [0.15, 0.2) is 18.2 Å². The fraction of sp³-hybridized carbons (Fsp3) is 0.600. The summed E-state index contributed by atoms with van der Waals surface area (Å²) in [7, 11) is 0. The summed E-state index contributed by atoms with van der Waals surface area (Å²) in [5.74, 6) is 0.549. The van der Waals surface area contributed by atoms with Crippen LogP contribution in [0.3, 0.4) is 0 Å². The van der Waals surface area contributed by atoms with Gasteiger partial charge in [-0.05, 0) is 42.5 Å². The molecular formula is C20H28N2O2. The number of hydrogen-bond donors (Lipinski definition) is 1. The Morgan fingerprint density at radius 2 is 1.88 bits per heavy atom. The van der Waals surface area contributed by atoms with E-state index in [4.69, 9.17) is 0 Å². The van der Waals surface area contributed by atoms with Crippen LogP contribution in [-0.2, 0) is 22.6 Å². The van der Waals surface area contributed by atoms with Crippen LogP contribution in [-0.4, -0.2) is 23.3 Å². The van der Waals surface area contributed by atoms with Gasteiger partial charge < -0.3 is 10.2 Å². The zero-order valence-electron chi connectivity index (χ0n) is 14.8. The number of fused-ring (bicyclic) bond motifs is 1. The number of nitrogens with one attached hydrogen (secondary N) is 1. The van der Waals surface area contributed by atoms with Gasteiger partial charge in [0.1, 0.15) is 0 Å². The summed E-state index contributed by atoms with van der Waals surface area (Å²) in [5.41, 5.74) is 3.32. The van der Waals surface area contributed by atoms with Gasteiger partial charge in [-0.15, -0.1) is 0 Å². The molecule has 1 fully saturated rings. The lowest BCUT2D eigenvalue weighted by atomic mass is 9.88. The molecule has 24 heavy (non-hydrogen) atoms. The second kappa shape index (κ2) is 7.37. The van der Waals surface area contributed by atoms with E-state index in [1.54, 1.807) is 0 Å². The van der Waals surface area contributed by atoms with Crippen LogP contribution in [0.25, 0.3) is 0 Å². The van der Waals surface area contributed by atoms with Crippen LogP contribution < -0.4 is 5.32 Å². The van der Waals surface area contributed by atoms with E-state index in [0.717, 1.165) is 49.9 Å². The molecule has 0 unspecified atom stereocenters. The quantitative estimate of drug-likeness (QED) is 0.919. The zero-order valence-corrected chi connectivity index (χ0v) is 14.8. The predicted molar refractivity (Wildman–Crippen MR) is 95.6 cm³/mol. The molecule has 1 saturated carbocycles. The first-order valence-electron chi connectivity index (χ1n) is 9.26. The molecule has 0 spiro atoms. The highest BCUT2D eigenvalue weighted by Crippen LogP contribution is 2.27. The van der Waals surface area contributed by atoms with Gasteiger partial charge in [-0.25, -0.2) is 0 Å². The van der Waals surface area contributed by atoms with Gasteiger partial charge in [0.15, 0.2) is 0 Å². The monoisotopic (exact) mass is 328 g/mol. The molecule has 0 aromatic heterocycles. The van der Waals surface area contributed by atoms with E-state index in [-0.39, 0.29) is 23.7 Å². The normalized spacial score (nSPS) is 18.4. The van der Waals surface area contributed by atoms with Gasteiger partial charge in [0.2, 0.25) is 11.8 Å². The Labute approximate surface area is 144 Å². The standard InChI is InChI=1S/C20H28N2O2/c1-14(2)20(24)22-11-10-15-8-9-18(12-17(15)13-22)21-19(23)16-6-4-3-5-7-16/h8-9,12,14,16H,3-7,10-11,13H2,1-2H3,(H,21,23). The first-order valence-corrected chi connectivity index (χ1v) is 9.26. The van der Waals surface area contributed by atoms with Gasteiger partial charge >= 0.3 is 0 Å². The molecule has 1 N–H and O–H groups in total. The summed E-state index contributed by atoms with van der Waals surface area (Å²) in [5, 5.41) is 3.09. The lowest BCUT2D eigenvalue weighted by Gasteiger charge is -2.30. The number of carbonyl (C=O) groups is 2. The Bertz CT molecular complexity index is 618. The molecule has 1 heterocycles. The van der Waals surface area contributed by atoms with E-state index in [2.05, 4.69) is 17.4 Å². The van der Waals surface area contributed by atoms with E-state index >= 15 is 0 Å². The molecule has 4 heteroatoms. The molecule has 0 saturated heterocycles. The molecular weight excluding hydrogens is 300 g/mol. The second-order valence-electron chi connectivity index (χ2n) is 7.47. The van der Waals surface area contributed by atoms with Gasteiger partial charge in [0, 0.05) is 30.6 Å². The molecule has 1 aromatic carbocycles. The van der Waals surface area contributed by atoms with E-state index in [9.17, 15) is 9.59 Å². The van der Waals surface area contributed by atoms with Gasteiger partial charge in [-0.3, -0.25) is 9.59 Å². The lowest BCUT2D eigenvalue weighted by Crippen LogP contribution is -2.38. The average molecular weight is 328 g/mol. The number of amides is 2. The molecule has 0 bridgehead atoms. The summed E-state index contributed by atoms with van der Waals surface area (Å²) in [6, 6.07) is 6.15. The molecule has 1 aliphatic heterocycles. The highest BCUT2D eigenvalue weighted by Gasteiger charge is 2.24. The topological polar surface area (TPSA) is 49.4 Å². The van der Waals surface area contributed by atoms with Crippen LogP contribution in [0.4, 0.5) is 5.69 Å². The van der Waals surface area contributed by atoms with Crippen molar-refractivity contribution in [1.82, 2.24) is 4.90 Å². The highest BCUT2D eigenvalue weighted by molar-refractivity contribution is 5.92. The third-order valence-electron chi connectivity index (χ3n) is 5.27. The second-order valence-corrected chi connectivity index (χ2v) is 7.47. The summed E-state index contributed by atoms with van der Waals surface area (Å²) in [6.45, 7) is 5.33. The minimum absolute atomic E-state index is 0.0285. The summed E-state index contributed by atoms with van der Waals surface area (Å²) in [6.07, 6.45) is 6.48. The SMILES string of the molecule is CC(C)C(=O)N1CCc2ccc(NC(=O)C3CCCCC3)cc2C1. The molecule has 3 rings (SSSR count). The lowest BCUT2D eigenvalue weighted by molar-refractivity contribution is -0.135. The summed E-state index contributed by atoms with van der Waals surface area (Å²) >= 11 is 0. The highest BCUT2D eigenvalue weighted by atomic mass is 16.2. The summed E-state index contributed by atoms with van der Waals surface area (Å²) < 4.78 is 0. The van der Waals surface area contributed by atoms with E-state index < -0.39 is 0 Å². The fourth-order valence-electron chi connectivity index (χ4n) is 3.80. The zero-order chi connectivity index (χ0) is 17.1. The number of hydrogen-bond acceptors (Lipinski definition) is 2. The molecule has 4 nitrogen and oxygen atoms in total. The van der Waals surface area contributed by atoms with Crippen molar-refractivity contribution in [1.29, 1.82) is 0 Å². The average Bonchev–Trinajstić information content (AvgIpc) is 2.61. The molecule has 2 aliphatic rings. The first-order chi connectivity index (χ1) is 11.5. The van der Waals surface area contributed by atoms with Crippen molar-refractivity contribution in [2.24, 2.45) is 11.8 Å². The molecule has 1 aromatic rings. The molecule has 1 aliphatic carbocycles. The van der Waals surface area contributed by atoms with Gasteiger partial charge in [-0.1, -0.05) is 39.2 Å². The predicted octanol–water partition coefficient (Wildman–Crippen LogP) is 3.75. The fourth-order valence-corrected chi connectivity index (χ4v) is 3.80.